The number of hydrogen-bond donors (Lipinski definition) is 4. The summed E-state index contributed by atoms with van der Waals surface area (Å²) in [5.74, 6) is -5.45. The maximum Gasteiger partial charge on any atom is 0.221 e. The zero-order chi connectivity index (χ0) is 56.2. The summed E-state index contributed by atoms with van der Waals surface area (Å²) in [7, 11) is 7.48. The molecule has 0 saturated heterocycles. The highest BCUT2D eigenvalue weighted by atomic mass is 16.5. The van der Waals surface area contributed by atoms with Gasteiger partial charge in [0.25, 0.3) is 0 Å². The second-order valence-electron chi connectivity index (χ2n) is 19.6. The molecule has 2 saturated carbocycles. The molecule has 2 fully saturated rings. The van der Waals surface area contributed by atoms with E-state index in [9.17, 15) is 38.4 Å². The van der Waals surface area contributed by atoms with E-state index in [-0.39, 0.29) is 34.8 Å². The fourth-order valence-corrected chi connectivity index (χ4v) is 9.48. The number of anilines is 6. The van der Waals surface area contributed by atoms with Crippen LogP contribution >= 0.6 is 0 Å². The fraction of sp³-hybridized carbons (Fsp3) is 0.414. The van der Waals surface area contributed by atoms with Gasteiger partial charge in [-0.15, -0.1) is 0 Å². The van der Waals surface area contributed by atoms with Crippen molar-refractivity contribution in [3.63, 3.8) is 0 Å². The van der Waals surface area contributed by atoms with E-state index in [1.165, 1.54) is 27.7 Å². The van der Waals surface area contributed by atoms with Crippen LogP contribution in [-0.2, 0) is 57.3 Å². The number of hydrogen-bond acceptors (Lipinski definition) is 14. The van der Waals surface area contributed by atoms with Crippen molar-refractivity contribution < 1.29 is 57.3 Å². The molecule has 78 heavy (non-hydrogen) atoms. The molecule has 4 aromatic rings. The van der Waals surface area contributed by atoms with Crippen LogP contribution in [0.15, 0.2) is 72.8 Å². The van der Waals surface area contributed by atoms with Gasteiger partial charge in [-0.3, -0.25) is 38.4 Å². The number of Topliss-reactive ketones (excluding diaryl/α,β-unsaturated/α-hetero) is 4. The van der Waals surface area contributed by atoms with Gasteiger partial charge in [0.1, 0.15) is 39.1 Å². The van der Waals surface area contributed by atoms with E-state index >= 15 is 0 Å². The molecular formula is C58H70N8O12+2. The van der Waals surface area contributed by atoms with Gasteiger partial charge in [0.2, 0.25) is 34.3 Å². The molecule has 18 aliphatic rings. The first-order chi connectivity index (χ1) is 37.3. The van der Waals surface area contributed by atoms with E-state index in [4.69, 9.17) is 18.9 Å². The standard InChI is InChI=1S/C58H68N8O12/c1-35(67)59-47-31-39-11-15-43(47)51-55(71)52(56(51)72)44-16-12-40(32-48(44)60-36(2)68)64(6)20-28-77-25-10-26-78-30-22-66(8)42-14-18-46(50(34-42)62-38(4)70)54-57(73)53(58(54)74)45-17-13-41(33-49(45)61-37(3)69)65(7)21-29-76-24-9-23-75-27-19-63(39)5/h11-18,31-34,51,54H,9-10,19-30H2,1-8H3,(H2,59,62,67,70)/p+2. The number of carbonyl (C=O) groups excluding carboxylic acids is 8. The van der Waals surface area contributed by atoms with Crippen molar-refractivity contribution in [3.05, 3.63) is 105 Å². The first kappa shape index (κ1) is 57.9. The number of nitrogens with zero attached hydrogens (tertiary/aromatic N) is 4. The van der Waals surface area contributed by atoms with Crippen molar-refractivity contribution in [2.45, 2.75) is 52.4 Å². The summed E-state index contributed by atoms with van der Waals surface area (Å²) in [5, 5.41) is 13.3. The van der Waals surface area contributed by atoms with Crippen LogP contribution in [-0.4, -0.2) is 154 Å². The molecule has 16 heterocycles. The second kappa shape index (κ2) is 26.5. The topological polar surface area (TPSA) is 234 Å². The number of carbonyl (C=O) groups is 8. The lowest BCUT2D eigenvalue weighted by Crippen LogP contribution is -2.43. The molecule has 0 radical (unpaired) electrons. The van der Waals surface area contributed by atoms with Gasteiger partial charge in [-0.05, 0) is 60.4 Å². The molecule has 16 aliphatic heterocycles. The van der Waals surface area contributed by atoms with Crippen LogP contribution in [0.5, 0.6) is 0 Å². The van der Waals surface area contributed by atoms with E-state index in [1.807, 2.05) is 47.1 Å². The van der Waals surface area contributed by atoms with Gasteiger partial charge in [-0.1, -0.05) is 12.1 Å². The van der Waals surface area contributed by atoms with Gasteiger partial charge in [0.05, 0.1) is 35.7 Å². The number of rotatable bonds is 4. The lowest BCUT2D eigenvalue weighted by molar-refractivity contribution is -0.131. The van der Waals surface area contributed by atoms with Crippen LogP contribution in [0.4, 0.5) is 34.1 Å². The van der Waals surface area contributed by atoms with Gasteiger partial charge >= 0.3 is 0 Å². The fourth-order valence-electron chi connectivity index (χ4n) is 9.48. The van der Waals surface area contributed by atoms with Gasteiger partial charge in [0, 0.05) is 139 Å². The van der Waals surface area contributed by atoms with Gasteiger partial charge in [0.15, 0.2) is 36.2 Å². The van der Waals surface area contributed by atoms with Gasteiger partial charge in [-0.2, -0.15) is 0 Å². The molecule has 4 N–H and O–H groups in total. The SMILES string of the molecule is CC(=O)Nc1cc2ccc1C1C(=O)C(=c3ccc(cc3NC(C)=O)=[N+](C)CCOCCCOCCN(C)c3ccc(c(NC(C)=O)c3)C3C(=O)C(=c4ccc(cc4NC(C)=O)=[N+](C)CCOCCCOCCN2C)C3=O)C1=O. The predicted octanol–water partition coefficient (Wildman–Crippen LogP) is 1.37. The Morgan fingerprint density at radius 3 is 1.13 bits per heavy atom. The lowest BCUT2D eigenvalue weighted by Gasteiger charge is -2.29. The van der Waals surface area contributed by atoms with Crippen molar-refractivity contribution in [3.8, 4) is 0 Å². The molecular weight excluding hydrogens is 1000 g/mol. The van der Waals surface area contributed by atoms with E-state index in [0.29, 0.717) is 136 Å². The van der Waals surface area contributed by atoms with Gasteiger partial charge < -0.3 is 50.0 Å². The first-order valence-corrected chi connectivity index (χ1v) is 26.1. The van der Waals surface area contributed by atoms with Crippen LogP contribution in [0.1, 0.15) is 63.5 Å². The second-order valence-corrected chi connectivity index (χ2v) is 19.6. The summed E-state index contributed by atoms with van der Waals surface area (Å²) in [6, 6.07) is 20.7. The van der Waals surface area contributed by atoms with Crippen molar-refractivity contribution in [2.24, 2.45) is 0 Å². The summed E-state index contributed by atoms with van der Waals surface area (Å²) in [6.07, 6.45) is 1.26. The van der Waals surface area contributed by atoms with E-state index in [2.05, 4.69) is 21.3 Å². The summed E-state index contributed by atoms with van der Waals surface area (Å²) in [6.45, 7) is 10.7. The van der Waals surface area contributed by atoms with Crippen molar-refractivity contribution >= 4 is 92.0 Å². The zero-order valence-electron chi connectivity index (χ0n) is 45.7. The minimum Gasteiger partial charge on any atom is -0.380 e. The molecule has 4 amide bonds. The maximum absolute atomic E-state index is 14.0. The molecule has 12 bridgehead atoms. The van der Waals surface area contributed by atoms with Crippen LogP contribution in [0.25, 0.3) is 11.1 Å². The largest absolute Gasteiger partial charge is 0.380 e. The predicted molar refractivity (Wildman–Crippen MR) is 297 cm³/mol. The smallest absolute Gasteiger partial charge is 0.221 e. The lowest BCUT2D eigenvalue weighted by atomic mass is 9.71. The average molecular weight is 1070 g/mol. The number of amides is 4. The number of ether oxygens (including phenoxy) is 4. The minimum atomic E-state index is -1.14. The van der Waals surface area contributed by atoms with Crippen LogP contribution < -0.4 is 61.4 Å². The zero-order valence-corrected chi connectivity index (χ0v) is 45.7. The molecule has 20 heteroatoms. The van der Waals surface area contributed by atoms with E-state index in [1.54, 1.807) is 72.8 Å². The highest BCUT2D eigenvalue weighted by molar-refractivity contribution is 6.60. The van der Waals surface area contributed by atoms with Crippen molar-refractivity contribution in [1.82, 2.24) is 9.15 Å². The number of nitrogens with one attached hydrogen (secondary N) is 4. The van der Waals surface area contributed by atoms with Crippen molar-refractivity contribution in [1.29, 1.82) is 0 Å². The normalized spacial score (nSPS) is 18.8. The number of ketones is 4. The third-order valence-corrected chi connectivity index (χ3v) is 13.7. The summed E-state index contributed by atoms with van der Waals surface area (Å²) < 4.78 is 27.5. The quantitative estimate of drug-likeness (QED) is 0.167. The third kappa shape index (κ3) is 14.0. The molecule has 2 aliphatic carbocycles. The highest BCUT2D eigenvalue weighted by Gasteiger charge is 2.48. The molecule has 412 valence electrons. The maximum atomic E-state index is 14.0. The Morgan fingerprint density at radius 1 is 0.449 bits per heavy atom. The summed E-state index contributed by atoms with van der Waals surface area (Å²) >= 11 is 0. The Bertz CT molecular complexity index is 3050. The Balaban J connectivity index is 1.10. The van der Waals surface area contributed by atoms with E-state index < -0.39 is 35.0 Å². The Labute approximate surface area is 452 Å². The van der Waals surface area contributed by atoms with Crippen LogP contribution in [0.2, 0.25) is 0 Å². The van der Waals surface area contributed by atoms with Crippen LogP contribution in [0.3, 0.4) is 0 Å². The Kier molecular flexibility index (Phi) is 19.7. The Morgan fingerprint density at radius 2 is 0.782 bits per heavy atom. The van der Waals surface area contributed by atoms with Gasteiger partial charge in [-0.25, -0.2) is 9.15 Å². The average Bonchev–Trinajstić information content (AvgIpc) is 3.47. The highest BCUT2D eigenvalue weighted by Crippen LogP contribution is 2.41. The molecule has 22 rings (SSSR count). The monoisotopic (exact) mass is 1070 g/mol. The third-order valence-electron chi connectivity index (χ3n) is 13.7. The minimum absolute atomic E-state index is 0.0302. The molecule has 0 unspecified atom stereocenters. The first-order valence-electron chi connectivity index (χ1n) is 26.1. The molecule has 0 aromatic heterocycles. The van der Waals surface area contributed by atoms with Crippen molar-refractivity contribution in [2.75, 3.05) is 138 Å². The molecule has 4 aromatic carbocycles. The summed E-state index contributed by atoms with van der Waals surface area (Å²) in [4.78, 5) is 109. The number of likely N-dealkylation sites (N-methyl/N-ethyl adjacent to an activating group) is 4. The summed E-state index contributed by atoms with van der Waals surface area (Å²) in [5.41, 5.74) is 3.46. The molecule has 0 atom stereocenters. The number of benzene rings is 4. The van der Waals surface area contributed by atoms with E-state index in [0.717, 1.165) is 22.1 Å². The Hall–Kier alpha value is -7.78. The molecule has 0 spiro atoms. The molecule has 20 nitrogen and oxygen atoms in total. The van der Waals surface area contributed by atoms with Crippen LogP contribution in [0, 0.1) is 0 Å².